The molecule has 3 aromatic rings. The Balaban J connectivity index is 1.61. The van der Waals surface area contributed by atoms with E-state index in [9.17, 15) is 15.0 Å². The van der Waals surface area contributed by atoms with Crippen molar-refractivity contribution in [2.45, 2.75) is 37.3 Å². The second kappa shape index (κ2) is 11.8. The summed E-state index contributed by atoms with van der Waals surface area (Å²) in [6, 6.07) is 24.7. The second-order valence-electron chi connectivity index (χ2n) is 8.01. The first-order valence-corrected chi connectivity index (χ1v) is 11.3. The zero-order valence-corrected chi connectivity index (χ0v) is 19.2. The normalized spacial score (nSPS) is 23.9. The van der Waals surface area contributed by atoms with Gasteiger partial charge in [-0.1, -0.05) is 48.5 Å². The first kappa shape index (κ1) is 24.7. The molecule has 1 heterocycles. The van der Waals surface area contributed by atoms with E-state index in [0.717, 1.165) is 5.56 Å². The van der Waals surface area contributed by atoms with Crippen molar-refractivity contribution in [1.29, 1.82) is 0 Å². The molecule has 5 atom stereocenters. The van der Waals surface area contributed by atoms with Crippen molar-refractivity contribution in [2.75, 3.05) is 13.7 Å². The maximum absolute atomic E-state index is 12.9. The first-order valence-electron chi connectivity index (χ1n) is 11.3. The van der Waals surface area contributed by atoms with E-state index in [0.29, 0.717) is 17.1 Å². The maximum atomic E-state index is 12.9. The highest BCUT2D eigenvalue weighted by molar-refractivity contribution is 5.89. The Morgan fingerprint density at radius 1 is 0.886 bits per heavy atom. The van der Waals surface area contributed by atoms with Gasteiger partial charge in [0.15, 0.2) is 6.10 Å². The van der Waals surface area contributed by atoms with Gasteiger partial charge in [-0.2, -0.15) is 0 Å². The maximum Gasteiger partial charge on any atom is 0.338 e. The number of aliphatic hydroxyl groups excluding tert-OH is 2. The predicted molar refractivity (Wildman–Crippen MR) is 126 cm³/mol. The molecule has 8 heteroatoms. The van der Waals surface area contributed by atoms with Crippen LogP contribution in [0.2, 0.25) is 0 Å². The Hall–Kier alpha value is -3.43. The van der Waals surface area contributed by atoms with Gasteiger partial charge in [-0.05, 0) is 42.0 Å². The van der Waals surface area contributed by atoms with Gasteiger partial charge in [0.05, 0.1) is 25.9 Å². The molecule has 1 aliphatic heterocycles. The van der Waals surface area contributed by atoms with E-state index in [1.54, 1.807) is 61.7 Å². The van der Waals surface area contributed by atoms with Gasteiger partial charge in [-0.25, -0.2) is 4.79 Å². The fourth-order valence-corrected chi connectivity index (χ4v) is 3.77. The molecule has 35 heavy (non-hydrogen) atoms. The standard InChI is InChI=1S/C27H28O8/c1-31-20-12-14-21(15-13-20)33-27-25(35-26(30)19-10-6-3-7-11-19)24(23(29)22(16-28)34-27)32-17-18-8-4-2-5-9-18/h2-15,22-25,27-29H,16-17H2,1H3/t22?,23-,24-,25?,27-/m1/s1. The number of esters is 1. The largest absolute Gasteiger partial charge is 0.497 e. The predicted octanol–water partition coefficient (Wildman–Crippen LogP) is 2.96. The van der Waals surface area contributed by atoms with Crippen LogP contribution < -0.4 is 9.47 Å². The molecule has 1 fully saturated rings. The van der Waals surface area contributed by atoms with Gasteiger partial charge in [0.1, 0.15) is 29.8 Å². The van der Waals surface area contributed by atoms with Crippen molar-refractivity contribution in [3.8, 4) is 11.5 Å². The molecule has 0 aliphatic carbocycles. The monoisotopic (exact) mass is 480 g/mol. The minimum atomic E-state index is -1.27. The number of rotatable bonds is 9. The third-order valence-electron chi connectivity index (χ3n) is 5.65. The molecule has 0 saturated carbocycles. The summed E-state index contributed by atoms with van der Waals surface area (Å²) in [4.78, 5) is 12.9. The molecular weight excluding hydrogens is 452 g/mol. The molecular formula is C27H28O8. The number of carbonyl (C=O) groups excluding carboxylic acids is 1. The van der Waals surface area contributed by atoms with E-state index in [-0.39, 0.29) is 6.61 Å². The SMILES string of the molecule is COc1ccc(O[C@@H]2OC(CO)[C@@H](O)[C@@H](OCc3ccccc3)C2OC(=O)c2ccccc2)cc1. The van der Waals surface area contributed by atoms with Crippen molar-refractivity contribution >= 4 is 5.97 Å². The highest BCUT2D eigenvalue weighted by Crippen LogP contribution is 2.30. The lowest BCUT2D eigenvalue weighted by Gasteiger charge is -2.43. The Bertz CT molecular complexity index is 1060. The van der Waals surface area contributed by atoms with E-state index in [1.807, 2.05) is 30.3 Å². The highest BCUT2D eigenvalue weighted by atomic mass is 16.7. The number of hydrogen-bond acceptors (Lipinski definition) is 8. The van der Waals surface area contributed by atoms with E-state index in [1.165, 1.54) is 0 Å². The van der Waals surface area contributed by atoms with Crippen LogP contribution in [0.25, 0.3) is 0 Å². The fourth-order valence-electron chi connectivity index (χ4n) is 3.77. The molecule has 2 unspecified atom stereocenters. The minimum Gasteiger partial charge on any atom is -0.497 e. The van der Waals surface area contributed by atoms with Gasteiger partial charge in [-0.3, -0.25) is 0 Å². The molecule has 8 nitrogen and oxygen atoms in total. The highest BCUT2D eigenvalue weighted by Gasteiger charge is 2.49. The fraction of sp³-hybridized carbons (Fsp3) is 0.296. The lowest BCUT2D eigenvalue weighted by atomic mass is 9.98. The summed E-state index contributed by atoms with van der Waals surface area (Å²) in [7, 11) is 1.56. The summed E-state index contributed by atoms with van der Waals surface area (Å²) in [5, 5.41) is 20.8. The molecule has 2 N–H and O–H groups in total. The molecule has 0 aromatic heterocycles. The lowest BCUT2D eigenvalue weighted by molar-refractivity contribution is -0.286. The number of hydrogen-bond donors (Lipinski definition) is 2. The summed E-state index contributed by atoms with van der Waals surface area (Å²) in [6.45, 7) is -0.330. The number of carbonyl (C=O) groups is 1. The zero-order valence-electron chi connectivity index (χ0n) is 19.2. The molecule has 184 valence electrons. The molecule has 1 saturated heterocycles. The van der Waals surface area contributed by atoms with Crippen molar-refractivity contribution in [2.24, 2.45) is 0 Å². The van der Waals surface area contributed by atoms with Crippen molar-refractivity contribution in [3.63, 3.8) is 0 Å². The average molecular weight is 481 g/mol. The molecule has 0 spiro atoms. The molecule has 1 aliphatic rings. The molecule has 0 amide bonds. The van der Waals surface area contributed by atoms with Gasteiger partial charge in [0.25, 0.3) is 0 Å². The lowest BCUT2D eigenvalue weighted by Crippen LogP contribution is -2.62. The van der Waals surface area contributed by atoms with E-state index >= 15 is 0 Å². The minimum absolute atomic E-state index is 0.148. The molecule has 4 rings (SSSR count). The Morgan fingerprint density at radius 3 is 2.14 bits per heavy atom. The first-order chi connectivity index (χ1) is 17.1. The smallest absolute Gasteiger partial charge is 0.338 e. The summed E-state index contributed by atoms with van der Waals surface area (Å²) < 4.78 is 28.9. The number of benzene rings is 3. The average Bonchev–Trinajstić information content (AvgIpc) is 2.91. The van der Waals surface area contributed by atoms with Crippen LogP contribution in [0, 0.1) is 0 Å². The summed E-state index contributed by atoms with van der Waals surface area (Å²) in [5.41, 5.74) is 1.20. The van der Waals surface area contributed by atoms with Crippen molar-refractivity contribution < 1.29 is 38.7 Å². The van der Waals surface area contributed by atoms with Crippen LogP contribution >= 0.6 is 0 Å². The van der Waals surface area contributed by atoms with Gasteiger partial charge in [0, 0.05) is 0 Å². The number of methoxy groups -OCH3 is 1. The van der Waals surface area contributed by atoms with Crippen LogP contribution in [0.1, 0.15) is 15.9 Å². The summed E-state index contributed by atoms with van der Waals surface area (Å²) >= 11 is 0. The van der Waals surface area contributed by atoms with Crippen molar-refractivity contribution in [3.05, 3.63) is 96.1 Å². The van der Waals surface area contributed by atoms with E-state index < -0.39 is 43.3 Å². The van der Waals surface area contributed by atoms with E-state index in [4.69, 9.17) is 23.7 Å². The third-order valence-corrected chi connectivity index (χ3v) is 5.65. The van der Waals surface area contributed by atoms with Crippen LogP contribution in [0.3, 0.4) is 0 Å². The Kier molecular flexibility index (Phi) is 8.33. The second-order valence-corrected chi connectivity index (χ2v) is 8.01. The van der Waals surface area contributed by atoms with E-state index in [2.05, 4.69) is 0 Å². The Morgan fingerprint density at radius 2 is 1.51 bits per heavy atom. The van der Waals surface area contributed by atoms with Gasteiger partial charge >= 0.3 is 5.97 Å². The van der Waals surface area contributed by atoms with Crippen LogP contribution in [0.15, 0.2) is 84.9 Å². The topological polar surface area (TPSA) is 104 Å². The molecule has 0 bridgehead atoms. The molecule has 3 aromatic carbocycles. The zero-order chi connectivity index (χ0) is 24.6. The summed E-state index contributed by atoms with van der Waals surface area (Å²) in [6.07, 6.45) is -5.60. The quantitative estimate of drug-likeness (QED) is 0.451. The van der Waals surface area contributed by atoms with Crippen LogP contribution in [0.5, 0.6) is 11.5 Å². The number of ether oxygens (including phenoxy) is 5. The van der Waals surface area contributed by atoms with Gasteiger partial charge in [-0.15, -0.1) is 0 Å². The summed E-state index contributed by atoms with van der Waals surface area (Å²) in [5.74, 6) is 0.443. The number of aliphatic hydroxyl groups is 2. The van der Waals surface area contributed by atoms with Crippen LogP contribution in [0.4, 0.5) is 0 Å². The van der Waals surface area contributed by atoms with Gasteiger partial charge in [0.2, 0.25) is 6.29 Å². The Labute approximate surface area is 203 Å². The molecule has 0 radical (unpaired) electrons. The van der Waals surface area contributed by atoms with Crippen LogP contribution in [-0.2, 0) is 20.8 Å². The van der Waals surface area contributed by atoms with Crippen LogP contribution in [-0.4, -0.2) is 60.6 Å². The van der Waals surface area contributed by atoms with Gasteiger partial charge < -0.3 is 33.9 Å². The third kappa shape index (κ3) is 6.17. The van der Waals surface area contributed by atoms with Crippen molar-refractivity contribution in [1.82, 2.24) is 0 Å².